The zero-order chi connectivity index (χ0) is 13.8. The number of carbonyl (C=O) groups excluding carboxylic acids is 1. The second kappa shape index (κ2) is 5.83. The van der Waals surface area contributed by atoms with Crippen LogP contribution in [0.2, 0.25) is 0 Å². The number of aliphatic carboxylic acids is 1. The number of nitrogens with one attached hydrogen (secondary N) is 1. The highest BCUT2D eigenvalue weighted by molar-refractivity contribution is 5.82. The van der Waals surface area contributed by atoms with Crippen LogP contribution in [0.15, 0.2) is 18.7 Å². The Kier molecular flexibility index (Phi) is 4.16. The van der Waals surface area contributed by atoms with Gasteiger partial charge in [-0.3, -0.25) is 4.79 Å². The van der Waals surface area contributed by atoms with E-state index in [-0.39, 0.29) is 11.9 Å². The van der Waals surface area contributed by atoms with E-state index < -0.39 is 18.2 Å². The van der Waals surface area contributed by atoms with Crippen molar-refractivity contribution in [3.05, 3.63) is 18.7 Å². The van der Waals surface area contributed by atoms with Gasteiger partial charge in [-0.1, -0.05) is 0 Å². The molecule has 2 N–H and O–H groups in total. The first-order chi connectivity index (χ1) is 9.06. The van der Waals surface area contributed by atoms with Crippen LogP contribution < -0.4 is 5.32 Å². The maximum Gasteiger partial charge on any atom is 0.332 e. The van der Waals surface area contributed by atoms with Crippen molar-refractivity contribution in [2.75, 3.05) is 0 Å². The number of carboxylic acid groups (broad SMARTS) is 1. The highest BCUT2D eigenvalue weighted by Gasteiger charge is 2.34. The average Bonchev–Trinajstić information content (AvgIpc) is 2.98. The molecule has 3 unspecified atom stereocenters. The van der Waals surface area contributed by atoms with Gasteiger partial charge in [0, 0.05) is 25.0 Å². The van der Waals surface area contributed by atoms with Crippen LogP contribution in [0, 0.1) is 0 Å². The standard InChI is InChI=1S/C12H17N3O4/c1-8(6-15-5-4-13-7-15)14-11(16)9-2-3-10(19-9)12(17)18/h4-5,7-10H,2-3,6H2,1H3,(H,14,16)(H,17,18). The van der Waals surface area contributed by atoms with Crippen LogP contribution in [0.3, 0.4) is 0 Å². The van der Waals surface area contributed by atoms with Gasteiger partial charge in [0.2, 0.25) is 5.91 Å². The molecule has 0 bridgehead atoms. The molecule has 1 aromatic rings. The van der Waals surface area contributed by atoms with Gasteiger partial charge >= 0.3 is 5.97 Å². The van der Waals surface area contributed by atoms with Gasteiger partial charge in [-0.15, -0.1) is 0 Å². The molecular formula is C12H17N3O4. The molecule has 1 aliphatic rings. The average molecular weight is 267 g/mol. The van der Waals surface area contributed by atoms with Gasteiger partial charge in [-0.25, -0.2) is 9.78 Å². The number of hydrogen-bond donors (Lipinski definition) is 2. The Morgan fingerprint density at radius 1 is 1.53 bits per heavy atom. The monoisotopic (exact) mass is 267 g/mol. The number of aromatic nitrogens is 2. The first-order valence-corrected chi connectivity index (χ1v) is 6.20. The summed E-state index contributed by atoms with van der Waals surface area (Å²) in [4.78, 5) is 26.6. The summed E-state index contributed by atoms with van der Waals surface area (Å²) in [5.41, 5.74) is 0. The normalized spacial score (nSPS) is 24.1. The fourth-order valence-electron chi connectivity index (χ4n) is 2.10. The second-order valence-corrected chi connectivity index (χ2v) is 4.70. The maximum absolute atomic E-state index is 11.9. The number of amides is 1. The Bertz CT molecular complexity index is 446. The largest absolute Gasteiger partial charge is 0.479 e. The second-order valence-electron chi connectivity index (χ2n) is 4.70. The van der Waals surface area contributed by atoms with Crippen LogP contribution in [-0.4, -0.2) is 44.8 Å². The SMILES string of the molecule is CC(Cn1ccnc1)NC(=O)C1CCC(C(=O)O)O1. The van der Waals surface area contributed by atoms with E-state index >= 15 is 0 Å². The zero-order valence-corrected chi connectivity index (χ0v) is 10.7. The number of carboxylic acids is 1. The lowest BCUT2D eigenvalue weighted by molar-refractivity contribution is -0.151. The number of rotatable bonds is 5. The van der Waals surface area contributed by atoms with E-state index in [0.29, 0.717) is 19.4 Å². The van der Waals surface area contributed by atoms with Gasteiger partial charge in [0.25, 0.3) is 0 Å². The molecular weight excluding hydrogens is 250 g/mol. The van der Waals surface area contributed by atoms with Crippen LogP contribution in [0.5, 0.6) is 0 Å². The van der Waals surface area contributed by atoms with E-state index in [2.05, 4.69) is 10.3 Å². The molecule has 0 radical (unpaired) electrons. The molecule has 1 aromatic heterocycles. The summed E-state index contributed by atoms with van der Waals surface area (Å²) < 4.78 is 7.05. The minimum absolute atomic E-state index is 0.0748. The first-order valence-electron chi connectivity index (χ1n) is 6.20. The molecule has 7 heteroatoms. The van der Waals surface area contributed by atoms with Crippen molar-refractivity contribution in [1.29, 1.82) is 0 Å². The zero-order valence-electron chi connectivity index (χ0n) is 10.7. The summed E-state index contributed by atoms with van der Waals surface area (Å²) in [6.45, 7) is 2.49. The molecule has 0 saturated carbocycles. The van der Waals surface area contributed by atoms with Crippen molar-refractivity contribution >= 4 is 11.9 Å². The molecule has 2 rings (SSSR count). The summed E-state index contributed by atoms with van der Waals surface area (Å²) in [7, 11) is 0. The van der Waals surface area contributed by atoms with Gasteiger partial charge in [0.1, 0.15) is 6.10 Å². The van der Waals surface area contributed by atoms with Crippen LogP contribution >= 0.6 is 0 Å². The highest BCUT2D eigenvalue weighted by atomic mass is 16.5. The summed E-state index contributed by atoms with van der Waals surface area (Å²) in [6.07, 6.45) is 4.46. The fourth-order valence-corrected chi connectivity index (χ4v) is 2.10. The molecule has 0 spiro atoms. The lowest BCUT2D eigenvalue weighted by atomic mass is 10.2. The van der Waals surface area contributed by atoms with Gasteiger partial charge in [0.15, 0.2) is 6.10 Å². The predicted molar refractivity (Wildman–Crippen MR) is 65.4 cm³/mol. The molecule has 1 saturated heterocycles. The van der Waals surface area contributed by atoms with Crippen molar-refractivity contribution in [3.63, 3.8) is 0 Å². The number of carbonyl (C=O) groups is 2. The van der Waals surface area contributed by atoms with E-state index in [4.69, 9.17) is 9.84 Å². The molecule has 3 atom stereocenters. The summed E-state index contributed by atoms with van der Waals surface area (Å²) >= 11 is 0. The van der Waals surface area contributed by atoms with E-state index in [1.165, 1.54) is 0 Å². The first kappa shape index (κ1) is 13.5. The predicted octanol–water partition coefficient (Wildman–Crippen LogP) is 0.0200. The topological polar surface area (TPSA) is 93.5 Å². The number of imidazole rings is 1. The smallest absolute Gasteiger partial charge is 0.332 e. The number of hydrogen-bond acceptors (Lipinski definition) is 4. The van der Waals surface area contributed by atoms with E-state index in [1.54, 1.807) is 12.5 Å². The lowest BCUT2D eigenvalue weighted by Gasteiger charge is -2.17. The lowest BCUT2D eigenvalue weighted by Crippen LogP contribution is -2.42. The van der Waals surface area contributed by atoms with Crippen molar-refractivity contribution in [1.82, 2.24) is 14.9 Å². The van der Waals surface area contributed by atoms with Crippen molar-refractivity contribution in [3.8, 4) is 0 Å². The Morgan fingerprint density at radius 2 is 2.26 bits per heavy atom. The van der Waals surface area contributed by atoms with E-state index in [0.717, 1.165) is 0 Å². The van der Waals surface area contributed by atoms with Gasteiger partial charge in [0.05, 0.1) is 6.33 Å². The van der Waals surface area contributed by atoms with Gasteiger partial charge in [-0.05, 0) is 19.8 Å². The maximum atomic E-state index is 11.9. The van der Waals surface area contributed by atoms with Gasteiger partial charge < -0.3 is 19.7 Å². The van der Waals surface area contributed by atoms with Crippen LogP contribution in [-0.2, 0) is 20.9 Å². The Hall–Kier alpha value is -1.89. The number of nitrogens with zero attached hydrogens (tertiary/aromatic N) is 2. The summed E-state index contributed by atoms with van der Waals surface area (Å²) in [6, 6.07) is -0.0748. The minimum Gasteiger partial charge on any atom is -0.479 e. The molecule has 7 nitrogen and oxygen atoms in total. The van der Waals surface area contributed by atoms with Crippen molar-refractivity contribution < 1.29 is 19.4 Å². The Morgan fingerprint density at radius 3 is 2.84 bits per heavy atom. The minimum atomic E-state index is -1.01. The molecule has 1 amide bonds. The molecule has 1 aliphatic heterocycles. The fraction of sp³-hybridized carbons (Fsp3) is 0.583. The van der Waals surface area contributed by atoms with Crippen LogP contribution in [0.25, 0.3) is 0 Å². The third kappa shape index (κ3) is 3.54. The van der Waals surface area contributed by atoms with Crippen molar-refractivity contribution in [2.24, 2.45) is 0 Å². The Labute approximate surface area is 110 Å². The van der Waals surface area contributed by atoms with E-state index in [9.17, 15) is 9.59 Å². The summed E-state index contributed by atoms with van der Waals surface area (Å²) in [5.74, 6) is -1.27. The molecule has 104 valence electrons. The molecule has 19 heavy (non-hydrogen) atoms. The molecule has 0 aromatic carbocycles. The van der Waals surface area contributed by atoms with E-state index in [1.807, 2.05) is 17.7 Å². The van der Waals surface area contributed by atoms with Crippen LogP contribution in [0.4, 0.5) is 0 Å². The molecule has 1 fully saturated rings. The summed E-state index contributed by atoms with van der Waals surface area (Å²) in [5, 5.41) is 11.6. The van der Waals surface area contributed by atoms with Crippen molar-refractivity contribution in [2.45, 2.75) is 44.6 Å². The molecule has 2 heterocycles. The van der Waals surface area contributed by atoms with Gasteiger partial charge in [-0.2, -0.15) is 0 Å². The Balaban J connectivity index is 1.79. The third-order valence-corrected chi connectivity index (χ3v) is 3.02. The number of ether oxygens (including phenoxy) is 1. The van der Waals surface area contributed by atoms with Crippen LogP contribution in [0.1, 0.15) is 19.8 Å². The third-order valence-electron chi connectivity index (χ3n) is 3.02. The quantitative estimate of drug-likeness (QED) is 0.784. The highest BCUT2D eigenvalue weighted by Crippen LogP contribution is 2.20. The molecule has 0 aliphatic carbocycles.